The molecule has 1 aromatic carbocycles. The minimum absolute atomic E-state index is 0.722. The van der Waals surface area contributed by atoms with Gasteiger partial charge in [-0.15, -0.1) is 0 Å². The summed E-state index contributed by atoms with van der Waals surface area (Å²) in [6, 6.07) is 7.10. The van der Waals surface area contributed by atoms with Gasteiger partial charge in [-0.3, -0.25) is 4.90 Å². The molecular weight excluding hydrogens is 196 g/mol. The topological polar surface area (TPSA) is 29.3 Å². The fraction of sp³-hybridized carbons (Fsp3) is 0.571. The minimum Gasteiger partial charge on any atom is -0.398 e. The molecule has 0 radical (unpaired) electrons. The molecule has 1 unspecified atom stereocenters. The fourth-order valence-corrected chi connectivity index (χ4v) is 3.20. The smallest absolute Gasteiger partial charge is 0.0349 e. The lowest BCUT2D eigenvalue weighted by molar-refractivity contribution is 0.168. The summed E-state index contributed by atoms with van der Waals surface area (Å²) < 4.78 is 0. The summed E-state index contributed by atoms with van der Waals surface area (Å²) in [6.45, 7) is 2.58. The highest BCUT2D eigenvalue weighted by atomic mass is 15.2. The second kappa shape index (κ2) is 4.10. The van der Waals surface area contributed by atoms with Crippen LogP contribution in [-0.4, -0.2) is 24.0 Å². The molecule has 0 saturated carbocycles. The number of nitrogens with two attached hydrogens (primary N) is 1. The van der Waals surface area contributed by atoms with Gasteiger partial charge in [-0.2, -0.15) is 0 Å². The lowest BCUT2D eigenvalue weighted by atomic mass is 10.1. The van der Waals surface area contributed by atoms with E-state index in [1.807, 2.05) is 6.07 Å². The number of hydrogen-bond donors (Lipinski definition) is 1. The van der Waals surface area contributed by atoms with E-state index in [-0.39, 0.29) is 0 Å². The van der Waals surface area contributed by atoms with Gasteiger partial charge in [0.2, 0.25) is 0 Å². The molecule has 1 aliphatic carbocycles. The molecule has 2 nitrogen and oxygen atoms in total. The first-order valence-corrected chi connectivity index (χ1v) is 6.45. The first-order valence-electron chi connectivity index (χ1n) is 6.45. The van der Waals surface area contributed by atoms with Crippen molar-refractivity contribution in [2.24, 2.45) is 0 Å². The molecule has 1 aliphatic heterocycles. The number of rotatable bonds is 1. The number of anilines is 1. The van der Waals surface area contributed by atoms with Crippen LogP contribution in [0.4, 0.5) is 5.69 Å². The maximum absolute atomic E-state index is 6.05. The molecule has 1 fully saturated rings. The average molecular weight is 216 g/mol. The van der Waals surface area contributed by atoms with Crippen molar-refractivity contribution in [1.29, 1.82) is 0 Å². The number of piperidine rings is 1. The van der Waals surface area contributed by atoms with Crippen LogP contribution in [0.3, 0.4) is 0 Å². The van der Waals surface area contributed by atoms with E-state index in [9.17, 15) is 0 Å². The molecule has 0 aromatic heterocycles. The third-order valence-electron chi connectivity index (χ3n) is 4.11. The normalized spacial score (nSPS) is 25.6. The van der Waals surface area contributed by atoms with E-state index >= 15 is 0 Å². The minimum atomic E-state index is 0.722. The van der Waals surface area contributed by atoms with Crippen LogP contribution in [0, 0.1) is 0 Å². The molecule has 2 N–H and O–H groups in total. The number of fused-ring (bicyclic) bond motifs is 1. The van der Waals surface area contributed by atoms with Crippen molar-refractivity contribution in [3.8, 4) is 0 Å². The van der Waals surface area contributed by atoms with Gasteiger partial charge in [0.15, 0.2) is 0 Å². The molecule has 0 bridgehead atoms. The second-order valence-corrected chi connectivity index (χ2v) is 5.14. The van der Waals surface area contributed by atoms with E-state index in [4.69, 9.17) is 5.73 Å². The van der Waals surface area contributed by atoms with Crippen LogP contribution in [0.1, 0.15) is 30.4 Å². The molecule has 0 spiro atoms. The van der Waals surface area contributed by atoms with Crippen molar-refractivity contribution in [1.82, 2.24) is 4.90 Å². The third kappa shape index (κ3) is 1.71. The van der Waals surface area contributed by atoms with Gasteiger partial charge in [-0.1, -0.05) is 18.6 Å². The quantitative estimate of drug-likeness (QED) is 0.729. The highest BCUT2D eigenvalue weighted by molar-refractivity contribution is 5.53. The lowest BCUT2D eigenvalue weighted by Crippen LogP contribution is -2.39. The Bertz CT molecular complexity index is 380. The number of nitrogen functional groups attached to an aromatic ring is 1. The zero-order chi connectivity index (χ0) is 11.0. The molecule has 3 rings (SSSR count). The lowest BCUT2D eigenvalue weighted by Gasteiger charge is -2.32. The molecule has 0 amide bonds. The molecule has 86 valence electrons. The molecule has 1 saturated heterocycles. The van der Waals surface area contributed by atoms with Gasteiger partial charge in [0.05, 0.1) is 0 Å². The summed E-state index contributed by atoms with van der Waals surface area (Å²) in [6.07, 6.45) is 6.55. The van der Waals surface area contributed by atoms with Gasteiger partial charge < -0.3 is 5.73 Å². The van der Waals surface area contributed by atoms with Crippen LogP contribution in [0.2, 0.25) is 0 Å². The molecular formula is C14H20N2. The molecule has 2 heteroatoms. The van der Waals surface area contributed by atoms with Crippen molar-refractivity contribution in [2.75, 3.05) is 18.8 Å². The molecule has 1 aromatic rings. The summed E-state index contributed by atoms with van der Waals surface area (Å²) in [7, 11) is 0. The number of benzene rings is 1. The van der Waals surface area contributed by atoms with Gasteiger partial charge in [0.25, 0.3) is 0 Å². The zero-order valence-electron chi connectivity index (χ0n) is 9.78. The van der Waals surface area contributed by atoms with Gasteiger partial charge >= 0.3 is 0 Å². The van der Waals surface area contributed by atoms with E-state index in [2.05, 4.69) is 17.0 Å². The predicted octanol–water partition coefficient (Wildman–Crippen LogP) is 2.22. The first-order chi connectivity index (χ1) is 7.84. The van der Waals surface area contributed by atoms with Gasteiger partial charge in [-0.25, -0.2) is 0 Å². The van der Waals surface area contributed by atoms with E-state index in [0.717, 1.165) is 11.7 Å². The van der Waals surface area contributed by atoms with Crippen molar-refractivity contribution in [2.45, 2.75) is 38.1 Å². The van der Waals surface area contributed by atoms with Crippen molar-refractivity contribution >= 4 is 5.69 Å². The standard InChI is InChI=1S/C14H20N2/c15-14-6-4-5-11-9-12(10-13(11)14)16-7-2-1-3-8-16/h4-6,12H,1-3,7-10,15H2. The van der Waals surface area contributed by atoms with Crippen LogP contribution in [-0.2, 0) is 12.8 Å². The third-order valence-corrected chi connectivity index (χ3v) is 4.11. The van der Waals surface area contributed by atoms with E-state index < -0.39 is 0 Å². The zero-order valence-corrected chi connectivity index (χ0v) is 9.78. The Morgan fingerprint density at radius 2 is 1.88 bits per heavy atom. The largest absolute Gasteiger partial charge is 0.398 e. The van der Waals surface area contributed by atoms with Gasteiger partial charge in [-0.05, 0) is 56.0 Å². The summed E-state index contributed by atoms with van der Waals surface area (Å²) in [4.78, 5) is 2.67. The number of likely N-dealkylation sites (tertiary alicyclic amines) is 1. The predicted molar refractivity (Wildman–Crippen MR) is 67.5 cm³/mol. The Balaban J connectivity index is 1.77. The molecule has 1 atom stereocenters. The average Bonchev–Trinajstić information content (AvgIpc) is 2.76. The Morgan fingerprint density at radius 3 is 2.62 bits per heavy atom. The van der Waals surface area contributed by atoms with E-state index in [1.54, 1.807) is 0 Å². The SMILES string of the molecule is Nc1cccc2c1CC(N1CCCCC1)C2. The fourth-order valence-electron chi connectivity index (χ4n) is 3.20. The Kier molecular flexibility index (Phi) is 2.60. The maximum Gasteiger partial charge on any atom is 0.0349 e. The Morgan fingerprint density at radius 1 is 1.06 bits per heavy atom. The van der Waals surface area contributed by atoms with E-state index in [1.165, 1.54) is 56.3 Å². The second-order valence-electron chi connectivity index (χ2n) is 5.14. The van der Waals surface area contributed by atoms with Crippen molar-refractivity contribution in [3.05, 3.63) is 29.3 Å². The van der Waals surface area contributed by atoms with Crippen molar-refractivity contribution < 1.29 is 0 Å². The number of nitrogens with zero attached hydrogens (tertiary/aromatic N) is 1. The highest BCUT2D eigenvalue weighted by Gasteiger charge is 2.28. The van der Waals surface area contributed by atoms with Crippen LogP contribution in [0.5, 0.6) is 0 Å². The highest BCUT2D eigenvalue weighted by Crippen LogP contribution is 2.30. The summed E-state index contributed by atoms with van der Waals surface area (Å²) in [5, 5.41) is 0. The summed E-state index contributed by atoms with van der Waals surface area (Å²) in [5.74, 6) is 0. The Labute approximate surface area is 97.4 Å². The van der Waals surface area contributed by atoms with Gasteiger partial charge in [0, 0.05) is 11.7 Å². The summed E-state index contributed by atoms with van der Waals surface area (Å²) >= 11 is 0. The maximum atomic E-state index is 6.05. The summed E-state index contributed by atoms with van der Waals surface area (Å²) in [5.41, 5.74) is 9.94. The first kappa shape index (κ1) is 10.2. The molecule has 1 heterocycles. The molecule has 2 aliphatic rings. The van der Waals surface area contributed by atoms with Crippen LogP contribution >= 0.6 is 0 Å². The monoisotopic (exact) mass is 216 g/mol. The Hall–Kier alpha value is -1.02. The van der Waals surface area contributed by atoms with Crippen LogP contribution in [0.15, 0.2) is 18.2 Å². The van der Waals surface area contributed by atoms with E-state index in [0.29, 0.717) is 0 Å². The molecule has 16 heavy (non-hydrogen) atoms. The van der Waals surface area contributed by atoms with Crippen LogP contribution < -0.4 is 5.73 Å². The van der Waals surface area contributed by atoms with Gasteiger partial charge in [0.1, 0.15) is 0 Å². The van der Waals surface area contributed by atoms with Crippen molar-refractivity contribution in [3.63, 3.8) is 0 Å². The number of hydrogen-bond acceptors (Lipinski definition) is 2. The van der Waals surface area contributed by atoms with Crippen LogP contribution in [0.25, 0.3) is 0 Å².